The molecule has 0 aromatic rings. The molecular weight excluding hydrogens is 217 g/mol. The molecule has 2 nitrogen and oxygen atoms in total. The molecule has 0 atom stereocenters. The van der Waals surface area contributed by atoms with Crippen LogP contribution in [0.3, 0.4) is 0 Å². The van der Waals surface area contributed by atoms with E-state index >= 15 is 0 Å². The molecular formula is C4H10BaO2. The summed E-state index contributed by atoms with van der Waals surface area (Å²) < 4.78 is 4.40. The Kier molecular flexibility index (Phi) is 11.0. The number of rotatable bonds is 1. The van der Waals surface area contributed by atoms with E-state index in [1.54, 1.807) is 6.92 Å². The molecule has 40 valence electrons. The van der Waals surface area contributed by atoms with E-state index in [0.29, 0.717) is 6.61 Å². The SMILES string of the molecule is CCOC(C)=O.[Ba+2].[H-].[H-]. The number of ether oxygens (including phenoxy) is 1. The molecule has 0 aliphatic rings. The van der Waals surface area contributed by atoms with Gasteiger partial charge in [-0.25, -0.2) is 0 Å². The number of hydrogen-bond donors (Lipinski definition) is 0. The van der Waals surface area contributed by atoms with Crippen molar-refractivity contribution in [3.05, 3.63) is 0 Å². The number of esters is 1. The molecule has 3 heteroatoms. The van der Waals surface area contributed by atoms with Gasteiger partial charge in [-0.2, -0.15) is 0 Å². The van der Waals surface area contributed by atoms with Crippen LogP contribution in [-0.2, 0) is 9.53 Å². The summed E-state index contributed by atoms with van der Waals surface area (Å²) in [6, 6.07) is 0. The van der Waals surface area contributed by atoms with Gasteiger partial charge in [-0.1, -0.05) is 0 Å². The number of carbonyl (C=O) groups is 1. The summed E-state index contributed by atoms with van der Waals surface area (Å²) in [5.41, 5.74) is 0. The van der Waals surface area contributed by atoms with Crippen molar-refractivity contribution in [3.8, 4) is 0 Å². The van der Waals surface area contributed by atoms with Crippen LogP contribution < -0.4 is 0 Å². The van der Waals surface area contributed by atoms with Crippen molar-refractivity contribution in [3.63, 3.8) is 0 Å². The molecule has 0 aliphatic heterocycles. The first-order valence-electron chi connectivity index (χ1n) is 1.90. The van der Waals surface area contributed by atoms with Crippen molar-refractivity contribution in [2.24, 2.45) is 0 Å². The molecule has 0 bridgehead atoms. The maximum absolute atomic E-state index is 9.82. The third-order valence-electron chi connectivity index (χ3n) is 0.348. The van der Waals surface area contributed by atoms with E-state index in [0.717, 1.165) is 0 Å². The van der Waals surface area contributed by atoms with Crippen molar-refractivity contribution in [2.45, 2.75) is 13.8 Å². The summed E-state index contributed by atoms with van der Waals surface area (Å²) in [5.74, 6) is -0.211. The maximum Gasteiger partial charge on any atom is 2.00 e. The standard InChI is InChI=1S/C4H8O2.Ba.2H/c1-3-6-4(2)5;;;/h3H2,1-2H3;;;/q;+2;2*-1. The molecule has 0 heterocycles. The van der Waals surface area contributed by atoms with Gasteiger partial charge in [0.1, 0.15) is 0 Å². The van der Waals surface area contributed by atoms with E-state index in [9.17, 15) is 4.79 Å². The monoisotopic (exact) mass is 228 g/mol. The largest absolute Gasteiger partial charge is 2.00 e. The van der Waals surface area contributed by atoms with Crippen LogP contribution in [0.15, 0.2) is 0 Å². The summed E-state index contributed by atoms with van der Waals surface area (Å²) >= 11 is 0. The normalized spacial score (nSPS) is 6.57. The van der Waals surface area contributed by atoms with E-state index in [2.05, 4.69) is 4.74 Å². The second-order valence-corrected chi connectivity index (χ2v) is 0.925. The van der Waals surface area contributed by atoms with Gasteiger partial charge in [0, 0.05) is 6.92 Å². The Balaban J connectivity index is -0.0000000417. The third kappa shape index (κ3) is 11.0. The van der Waals surface area contributed by atoms with Crippen LogP contribution in [0.2, 0.25) is 0 Å². The van der Waals surface area contributed by atoms with Crippen molar-refractivity contribution < 1.29 is 12.4 Å². The Labute approximate surface area is 86.7 Å². The first-order chi connectivity index (χ1) is 2.77. The summed E-state index contributed by atoms with van der Waals surface area (Å²) in [7, 11) is 0. The van der Waals surface area contributed by atoms with Gasteiger partial charge in [-0.3, -0.25) is 4.79 Å². The molecule has 0 rings (SSSR count). The Morgan fingerprint density at radius 3 is 2.29 bits per heavy atom. The number of carbonyl (C=O) groups excluding carboxylic acids is 1. The fraction of sp³-hybridized carbons (Fsp3) is 0.750. The molecule has 7 heavy (non-hydrogen) atoms. The molecule has 0 unspecified atom stereocenters. The number of hydrogen-bond acceptors (Lipinski definition) is 2. The topological polar surface area (TPSA) is 26.3 Å². The van der Waals surface area contributed by atoms with Crippen LogP contribution in [0.1, 0.15) is 16.7 Å². The predicted octanol–water partition coefficient (Wildman–Crippen LogP) is 0.414. The van der Waals surface area contributed by atoms with Crippen LogP contribution in [0.25, 0.3) is 0 Å². The van der Waals surface area contributed by atoms with Gasteiger partial charge >= 0.3 is 54.9 Å². The Morgan fingerprint density at radius 1 is 1.86 bits per heavy atom. The minimum Gasteiger partial charge on any atom is -1.00 e. The van der Waals surface area contributed by atoms with Gasteiger partial charge in [0.2, 0.25) is 0 Å². The molecule has 0 saturated heterocycles. The zero-order valence-corrected chi connectivity index (χ0v) is 9.17. The Bertz CT molecular complexity index is 60.5. The molecule has 0 amide bonds. The molecule has 0 N–H and O–H groups in total. The fourth-order valence-electron chi connectivity index (χ4n) is 0.203. The van der Waals surface area contributed by atoms with Crippen LogP contribution in [0, 0.1) is 0 Å². The molecule has 0 fully saturated rings. The molecule has 0 aromatic heterocycles. The van der Waals surface area contributed by atoms with Gasteiger partial charge in [-0.05, 0) is 6.92 Å². The summed E-state index contributed by atoms with van der Waals surface area (Å²) in [6.07, 6.45) is 0. The van der Waals surface area contributed by atoms with E-state index < -0.39 is 0 Å². The van der Waals surface area contributed by atoms with E-state index in [-0.39, 0.29) is 57.7 Å². The van der Waals surface area contributed by atoms with Gasteiger partial charge in [0.25, 0.3) is 0 Å². The van der Waals surface area contributed by atoms with Gasteiger partial charge in [0.15, 0.2) is 0 Å². The molecule has 0 saturated carbocycles. The molecule has 0 aliphatic carbocycles. The zero-order chi connectivity index (χ0) is 4.99. The van der Waals surface area contributed by atoms with Crippen molar-refractivity contribution in [2.75, 3.05) is 6.61 Å². The molecule has 0 radical (unpaired) electrons. The first-order valence-corrected chi connectivity index (χ1v) is 1.90. The Hall–Kier alpha value is 1.04. The Morgan fingerprint density at radius 2 is 2.29 bits per heavy atom. The smallest absolute Gasteiger partial charge is 1.00 e. The zero-order valence-electron chi connectivity index (χ0n) is 6.73. The molecule has 0 spiro atoms. The van der Waals surface area contributed by atoms with Crippen LogP contribution in [0.5, 0.6) is 0 Å². The van der Waals surface area contributed by atoms with Crippen molar-refractivity contribution in [1.29, 1.82) is 0 Å². The summed E-state index contributed by atoms with van der Waals surface area (Å²) in [4.78, 5) is 9.82. The average Bonchev–Trinajstić information content (AvgIpc) is 1.35. The van der Waals surface area contributed by atoms with Gasteiger partial charge in [0.05, 0.1) is 6.61 Å². The van der Waals surface area contributed by atoms with E-state index in [1.165, 1.54) is 6.92 Å². The quantitative estimate of drug-likeness (QED) is 0.479. The van der Waals surface area contributed by atoms with Crippen LogP contribution in [0.4, 0.5) is 0 Å². The maximum atomic E-state index is 9.82. The second kappa shape index (κ2) is 7.04. The first kappa shape index (κ1) is 10.9. The minimum absolute atomic E-state index is 0. The fourth-order valence-corrected chi connectivity index (χ4v) is 0.203. The van der Waals surface area contributed by atoms with Gasteiger partial charge in [-0.15, -0.1) is 0 Å². The summed E-state index contributed by atoms with van der Waals surface area (Å²) in [5, 5.41) is 0. The van der Waals surface area contributed by atoms with Crippen molar-refractivity contribution in [1.82, 2.24) is 0 Å². The van der Waals surface area contributed by atoms with E-state index in [1.807, 2.05) is 0 Å². The van der Waals surface area contributed by atoms with Crippen LogP contribution >= 0.6 is 0 Å². The summed E-state index contributed by atoms with van der Waals surface area (Å²) in [6.45, 7) is 3.65. The van der Waals surface area contributed by atoms with Gasteiger partial charge < -0.3 is 7.59 Å². The average molecular weight is 227 g/mol. The minimum atomic E-state index is -0.211. The van der Waals surface area contributed by atoms with Crippen molar-refractivity contribution >= 4 is 54.9 Å². The van der Waals surface area contributed by atoms with Crippen LogP contribution in [-0.4, -0.2) is 61.5 Å². The van der Waals surface area contributed by atoms with E-state index in [4.69, 9.17) is 0 Å². The molecule has 0 aromatic carbocycles. The third-order valence-corrected chi connectivity index (χ3v) is 0.348. The predicted molar refractivity (Wildman–Crippen MR) is 30.3 cm³/mol. The second-order valence-electron chi connectivity index (χ2n) is 0.925.